The number of hydrogen-bond donors (Lipinski definition) is 2. The van der Waals surface area contributed by atoms with Crippen LogP contribution in [0.1, 0.15) is 5.56 Å². The maximum atomic E-state index is 11.9. The molecule has 0 saturated heterocycles. The van der Waals surface area contributed by atoms with Crippen LogP contribution < -0.4 is 10.5 Å². The van der Waals surface area contributed by atoms with Gasteiger partial charge in [0.25, 0.3) is 10.0 Å². The lowest BCUT2D eigenvalue weighted by Crippen LogP contribution is -2.08. The molecule has 4 nitrogen and oxygen atoms in total. The molecule has 0 aliphatic carbocycles. The van der Waals surface area contributed by atoms with Gasteiger partial charge in [-0.15, -0.1) is 0 Å². The molecule has 0 aliphatic heterocycles. The Morgan fingerprint density at radius 3 is 2.45 bits per heavy atom. The van der Waals surface area contributed by atoms with Crippen molar-refractivity contribution in [1.82, 2.24) is 0 Å². The highest BCUT2D eigenvalue weighted by Gasteiger charge is 2.05. The molecule has 0 saturated carbocycles. The van der Waals surface area contributed by atoms with Crippen molar-refractivity contribution in [2.45, 2.75) is 0 Å². The number of hydrogen-bond acceptors (Lipinski definition) is 3. The Kier molecular flexibility index (Phi) is 4.32. The van der Waals surface area contributed by atoms with E-state index in [1.807, 2.05) is 0 Å². The maximum absolute atomic E-state index is 11.9. The summed E-state index contributed by atoms with van der Waals surface area (Å²) in [5.74, 6) is 0. The van der Waals surface area contributed by atoms with Crippen LogP contribution in [0, 0.1) is 0 Å². The summed E-state index contributed by atoms with van der Waals surface area (Å²) in [5.41, 5.74) is 7.25. The normalized spacial score (nSPS) is 11.7. The monoisotopic (exact) mass is 308 g/mol. The molecule has 6 heteroatoms. The summed E-state index contributed by atoms with van der Waals surface area (Å²) < 4.78 is 26.2. The molecule has 0 unspecified atom stereocenters. The van der Waals surface area contributed by atoms with E-state index in [4.69, 9.17) is 17.3 Å². The van der Waals surface area contributed by atoms with Crippen molar-refractivity contribution >= 4 is 39.1 Å². The van der Waals surface area contributed by atoms with Crippen molar-refractivity contribution in [3.05, 3.63) is 64.5 Å². The first-order valence-electron chi connectivity index (χ1n) is 5.77. The van der Waals surface area contributed by atoms with E-state index in [1.165, 1.54) is 6.08 Å². The lowest BCUT2D eigenvalue weighted by molar-refractivity contribution is 0.609. The van der Waals surface area contributed by atoms with Crippen LogP contribution in [0.5, 0.6) is 0 Å². The van der Waals surface area contributed by atoms with E-state index in [9.17, 15) is 8.42 Å². The van der Waals surface area contributed by atoms with Crippen LogP contribution in [-0.4, -0.2) is 8.42 Å². The smallest absolute Gasteiger partial charge is 0.255 e. The van der Waals surface area contributed by atoms with E-state index in [0.717, 1.165) is 11.0 Å². The zero-order chi connectivity index (χ0) is 14.6. The third kappa shape index (κ3) is 4.29. The summed E-state index contributed by atoms with van der Waals surface area (Å²) >= 11 is 5.76. The quantitative estimate of drug-likeness (QED) is 0.851. The first-order chi connectivity index (χ1) is 9.44. The number of halogens is 1. The molecule has 104 valence electrons. The summed E-state index contributed by atoms with van der Waals surface area (Å²) in [6.45, 7) is 0. The number of anilines is 2. The minimum absolute atomic E-state index is 0.422. The van der Waals surface area contributed by atoms with Crippen LogP contribution >= 0.6 is 11.6 Å². The lowest BCUT2D eigenvalue weighted by Gasteiger charge is -2.04. The predicted molar refractivity (Wildman–Crippen MR) is 83.9 cm³/mol. The van der Waals surface area contributed by atoms with Crippen molar-refractivity contribution in [2.24, 2.45) is 0 Å². The molecule has 0 radical (unpaired) electrons. The van der Waals surface area contributed by atoms with Crippen molar-refractivity contribution in [1.29, 1.82) is 0 Å². The first kappa shape index (κ1) is 14.4. The van der Waals surface area contributed by atoms with E-state index < -0.39 is 10.0 Å². The van der Waals surface area contributed by atoms with Gasteiger partial charge in [0.2, 0.25) is 0 Å². The van der Waals surface area contributed by atoms with Gasteiger partial charge in [0, 0.05) is 10.7 Å². The SMILES string of the molecule is Nc1cccc(NS(=O)(=O)/C=C/c2ccc(Cl)cc2)c1. The number of nitrogens with two attached hydrogens (primary N) is 1. The third-order valence-corrected chi connectivity index (χ3v) is 3.72. The van der Waals surface area contributed by atoms with Gasteiger partial charge < -0.3 is 5.73 Å². The zero-order valence-electron chi connectivity index (χ0n) is 10.5. The molecule has 0 bridgehead atoms. The largest absolute Gasteiger partial charge is 0.399 e. The maximum Gasteiger partial charge on any atom is 0.255 e. The molecule has 0 aromatic heterocycles. The molecule has 0 fully saturated rings. The Bertz CT molecular complexity index is 725. The Balaban J connectivity index is 2.13. The van der Waals surface area contributed by atoms with Gasteiger partial charge in [0.1, 0.15) is 0 Å². The second kappa shape index (κ2) is 5.98. The highest BCUT2D eigenvalue weighted by atomic mass is 35.5. The van der Waals surface area contributed by atoms with E-state index >= 15 is 0 Å². The van der Waals surface area contributed by atoms with E-state index in [1.54, 1.807) is 48.5 Å². The highest BCUT2D eigenvalue weighted by Crippen LogP contribution is 2.15. The van der Waals surface area contributed by atoms with Gasteiger partial charge in [-0.25, -0.2) is 8.42 Å². The fourth-order valence-electron chi connectivity index (χ4n) is 1.54. The molecular formula is C14H13ClN2O2S. The summed E-state index contributed by atoms with van der Waals surface area (Å²) in [7, 11) is -3.58. The second-order valence-electron chi connectivity index (χ2n) is 4.13. The summed E-state index contributed by atoms with van der Waals surface area (Å²) in [6.07, 6.45) is 1.49. The number of sulfonamides is 1. The summed E-state index contributed by atoms with van der Waals surface area (Å²) in [5, 5.41) is 1.70. The van der Waals surface area contributed by atoms with Gasteiger partial charge >= 0.3 is 0 Å². The molecule has 2 aromatic rings. The number of nitrogens with one attached hydrogen (secondary N) is 1. The Morgan fingerprint density at radius 1 is 1.10 bits per heavy atom. The van der Waals surface area contributed by atoms with Crippen LogP contribution in [0.4, 0.5) is 11.4 Å². The minimum Gasteiger partial charge on any atom is -0.399 e. The van der Waals surface area contributed by atoms with Crippen LogP contribution in [0.25, 0.3) is 6.08 Å². The molecular weight excluding hydrogens is 296 g/mol. The van der Waals surface area contributed by atoms with E-state index in [-0.39, 0.29) is 0 Å². The van der Waals surface area contributed by atoms with Crippen molar-refractivity contribution < 1.29 is 8.42 Å². The summed E-state index contributed by atoms with van der Waals surface area (Å²) in [4.78, 5) is 0. The average Bonchev–Trinajstić information content (AvgIpc) is 2.37. The van der Waals surface area contributed by atoms with Crippen LogP contribution in [-0.2, 0) is 10.0 Å². The fraction of sp³-hybridized carbons (Fsp3) is 0. The van der Waals surface area contributed by atoms with Gasteiger partial charge in [-0.2, -0.15) is 0 Å². The minimum atomic E-state index is -3.58. The molecule has 0 heterocycles. The molecule has 2 rings (SSSR count). The van der Waals surface area contributed by atoms with Gasteiger partial charge in [0.15, 0.2) is 0 Å². The fourth-order valence-corrected chi connectivity index (χ4v) is 2.53. The number of nitrogen functional groups attached to an aromatic ring is 1. The Morgan fingerprint density at radius 2 is 1.80 bits per heavy atom. The average molecular weight is 309 g/mol. The van der Waals surface area contributed by atoms with E-state index in [2.05, 4.69) is 4.72 Å². The van der Waals surface area contributed by atoms with Crippen molar-refractivity contribution in [3.63, 3.8) is 0 Å². The van der Waals surface area contributed by atoms with Gasteiger partial charge in [-0.3, -0.25) is 4.72 Å². The van der Waals surface area contributed by atoms with Gasteiger partial charge in [0.05, 0.1) is 11.1 Å². The molecule has 0 atom stereocenters. The molecule has 3 N–H and O–H groups in total. The second-order valence-corrected chi connectivity index (χ2v) is 6.13. The highest BCUT2D eigenvalue weighted by molar-refractivity contribution is 7.95. The van der Waals surface area contributed by atoms with Crippen molar-refractivity contribution in [3.8, 4) is 0 Å². The van der Waals surface area contributed by atoms with Crippen LogP contribution in [0.2, 0.25) is 5.02 Å². The summed E-state index contributed by atoms with van der Waals surface area (Å²) in [6, 6.07) is 13.4. The molecule has 0 spiro atoms. The van der Waals surface area contributed by atoms with Gasteiger partial charge in [-0.05, 0) is 42.0 Å². The van der Waals surface area contributed by atoms with Crippen LogP contribution in [0.15, 0.2) is 53.9 Å². The number of rotatable bonds is 4. The molecule has 20 heavy (non-hydrogen) atoms. The molecule has 2 aromatic carbocycles. The van der Waals surface area contributed by atoms with Crippen LogP contribution in [0.3, 0.4) is 0 Å². The zero-order valence-corrected chi connectivity index (χ0v) is 12.0. The van der Waals surface area contributed by atoms with E-state index in [0.29, 0.717) is 16.4 Å². The van der Waals surface area contributed by atoms with Crippen molar-refractivity contribution in [2.75, 3.05) is 10.5 Å². The number of benzene rings is 2. The Labute approximate surface area is 122 Å². The third-order valence-electron chi connectivity index (χ3n) is 2.46. The Hall–Kier alpha value is -1.98. The molecule has 0 aliphatic rings. The van der Waals surface area contributed by atoms with Gasteiger partial charge in [-0.1, -0.05) is 29.8 Å². The topological polar surface area (TPSA) is 72.2 Å². The standard InChI is InChI=1S/C14H13ClN2O2S/c15-12-6-4-11(5-7-12)8-9-20(18,19)17-14-3-1-2-13(16)10-14/h1-10,17H,16H2/b9-8+. The first-order valence-corrected chi connectivity index (χ1v) is 7.69. The molecule has 0 amide bonds. The lowest BCUT2D eigenvalue weighted by atomic mass is 10.2. The predicted octanol–water partition coefficient (Wildman–Crippen LogP) is 3.33.